The van der Waals surface area contributed by atoms with Crippen molar-refractivity contribution in [2.75, 3.05) is 24.1 Å². The first-order valence-electron chi connectivity index (χ1n) is 6.95. The van der Waals surface area contributed by atoms with E-state index in [1.807, 2.05) is 0 Å². The van der Waals surface area contributed by atoms with Gasteiger partial charge in [-0.25, -0.2) is 4.79 Å². The maximum absolute atomic E-state index is 11.2. The van der Waals surface area contributed by atoms with E-state index in [1.165, 1.54) is 6.07 Å². The van der Waals surface area contributed by atoms with E-state index in [4.69, 9.17) is 10.8 Å². The zero-order valence-electron chi connectivity index (χ0n) is 12.7. The number of aromatic carboxylic acids is 1. The Hall–Kier alpha value is -1.75. The fourth-order valence-corrected chi connectivity index (χ4v) is 2.33. The normalized spacial score (nSPS) is 11.3. The van der Waals surface area contributed by atoms with E-state index in [1.54, 1.807) is 12.1 Å². The van der Waals surface area contributed by atoms with Crippen LogP contribution in [0.5, 0.6) is 0 Å². The molecule has 0 saturated carbocycles. The average Bonchev–Trinajstić information content (AvgIpc) is 2.34. The number of hydrogen-bond acceptors (Lipinski definition) is 4. The highest BCUT2D eigenvalue weighted by atomic mass is 16.4. The number of nitrogens with two attached hydrogens (primary N) is 1. The number of anilines is 2. The highest BCUT2D eigenvalue weighted by Crippen LogP contribution is 2.19. The molecule has 1 aromatic rings. The fraction of sp³-hybridized carbons (Fsp3) is 0.533. The van der Waals surface area contributed by atoms with Gasteiger partial charge in [0.05, 0.1) is 5.56 Å². The quantitative estimate of drug-likeness (QED) is 0.668. The Kier molecular flexibility index (Phi) is 5.82. The molecule has 4 N–H and O–H groups in total. The molecule has 20 heavy (non-hydrogen) atoms. The Morgan fingerprint density at radius 1 is 1.30 bits per heavy atom. The van der Waals surface area contributed by atoms with Crippen molar-refractivity contribution in [3.05, 3.63) is 23.8 Å². The number of nitrogen functional groups attached to an aromatic ring is 1. The minimum absolute atomic E-state index is 0.214. The van der Waals surface area contributed by atoms with Crippen LogP contribution in [-0.2, 0) is 0 Å². The monoisotopic (exact) mass is 279 g/mol. The third-order valence-corrected chi connectivity index (χ3v) is 3.29. The lowest BCUT2D eigenvalue weighted by atomic mass is 10.1. The third kappa shape index (κ3) is 4.42. The van der Waals surface area contributed by atoms with E-state index in [2.05, 4.69) is 37.9 Å². The molecule has 5 nitrogen and oxygen atoms in total. The molecule has 0 fully saturated rings. The van der Waals surface area contributed by atoms with Crippen molar-refractivity contribution in [3.8, 4) is 0 Å². The maximum atomic E-state index is 11.2. The van der Waals surface area contributed by atoms with Gasteiger partial charge in [-0.2, -0.15) is 0 Å². The summed E-state index contributed by atoms with van der Waals surface area (Å²) in [5.41, 5.74) is 6.90. The van der Waals surface area contributed by atoms with Crippen molar-refractivity contribution in [3.63, 3.8) is 0 Å². The Balaban J connectivity index is 2.68. The van der Waals surface area contributed by atoms with E-state index >= 15 is 0 Å². The molecule has 0 spiro atoms. The van der Waals surface area contributed by atoms with Gasteiger partial charge in [0.15, 0.2) is 0 Å². The number of hydrogen-bond donors (Lipinski definition) is 3. The molecular weight excluding hydrogens is 254 g/mol. The second-order valence-electron chi connectivity index (χ2n) is 5.46. The Morgan fingerprint density at radius 2 is 1.90 bits per heavy atom. The smallest absolute Gasteiger partial charge is 0.337 e. The lowest BCUT2D eigenvalue weighted by Crippen LogP contribution is -2.40. The van der Waals surface area contributed by atoms with Crippen LogP contribution in [0.25, 0.3) is 0 Å². The van der Waals surface area contributed by atoms with Crippen LogP contribution in [0.1, 0.15) is 38.1 Å². The number of rotatable bonds is 7. The molecule has 0 unspecified atom stereocenters. The van der Waals surface area contributed by atoms with E-state index in [-0.39, 0.29) is 5.56 Å². The molecule has 0 aliphatic heterocycles. The van der Waals surface area contributed by atoms with E-state index < -0.39 is 5.97 Å². The molecule has 1 rings (SSSR count). The minimum Gasteiger partial charge on any atom is -0.478 e. The molecule has 0 amide bonds. The van der Waals surface area contributed by atoms with Crippen molar-refractivity contribution in [1.29, 1.82) is 0 Å². The van der Waals surface area contributed by atoms with Crippen molar-refractivity contribution in [1.82, 2.24) is 4.90 Å². The van der Waals surface area contributed by atoms with Crippen LogP contribution in [-0.4, -0.2) is 41.1 Å². The molecule has 0 aromatic heterocycles. The number of benzene rings is 1. The van der Waals surface area contributed by atoms with Crippen LogP contribution in [0.3, 0.4) is 0 Å². The summed E-state index contributed by atoms with van der Waals surface area (Å²) in [6, 6.07) is 5.82. The summed E-state index contributed by atoms with van der Waals surface area (Å²) in [6.45, 7) is 10.2. The van der Waals surface area contributed by atoms with Gasteiger partial charge >= 0.3 is 5.97 Å². The summed E-state index contributed by atoms with van der Waals surface area (Å²) >= 11 is 0. The second kappa shape index (κ2) is 7.14. The van der Waals surface area contributed by atoms with Gasteiger partial charge in [0.25, 0.3) is 0 Å². The Morgan fingerprint density at radius 3 is 2.40 bits per heavy atom. The fourth-order valence-electron chi connectivity index (χ4n) is 2.33. The maximum Gasteiger partial charge on any atom is 0.337 e. The first-order chi connectivity index (χ1) is 9.32. The second-order valence-corrected chi connectivity index (χ2v) is 5.46. The molecule has 0 radical (unpaired) electrons. The molecule has 0 bridgehead atoms. The van der Waals surface area contributed by atoms with Gasteiger partial charge in [0.1, 0.15) is 0 Å². The van der Waals surface area contributed by atoms with Crippen molar-refractivity contribution >= 4 is 17.3 Å². The molecule has 0 heterocycles. The molecule has 112 valence electrons. The standard InChI is InChI=1S/C15H25N3O2/c1-10(2)18(11(3)4)8-7-17-14-6-5-12(16)9-13(14)15(19)20/h5-6,9-11,17H,7-8,16H2,1-4H3,(H,19,20). The zero-order valence-corrected chi connectivity index (χ0v) is 12.7. The third-order valence-electron chi connectivity index (χ3n) is 3.29. The number of nitrogens with one attached hydrogen (secondary N) is 1. The molecule has 0 saturated heterocycles. The van der Waals surface area contributed by atoms with Crippen LogP contribution < -0.4 is 11.1 Å². The Labute approximate surface area is 120 Å². The average molecular weight is 279 g/mol. The van der Waals surface area contributed by atoms with Crippen molar-refractivity contribution in [2.24, 2.45) is 0 Å². The summed E-state index contributed by atoms with van der Waals surface area (Å²) in [5.74, 6) is -0.968. The lowest BCUT2D eigenvalue weighted by molar-refractivity contribution is 0.0698. The topological polar surface area (TPSA) is 78.6 Å². The SMILES string of the molecule is CC(C)N(CCNc1ccc(N)cc1C(=O)O)C(C)C. The summed E-state index contributed by atoms with van der Waals surface area (Å²) in [5, 5.41) is 12.4. The van der Waals surface area contributed by atoms with Crippen molar-refractivity contribution in [2.45, 2.75) is 39.8 Å². The molecule has 0 aliphatic rings. The molecule has 5 heteroatoms. The first kappa shape index (κ1) is 16.3. The molecule has 0 aliphatic carbocycles. The summed E-state index contributed by atoms with van der Waals surface area (Å²) in [4.78, 5) is 13.5. The van der Waals surface area contributed by atoms with Gasteiger partial charge in [-0.05, 0) is 45.9 Å². The summed E-state index contributed by atoms with van der Waals surface area (Å²) < 4.78 is 0. The van der Waals surface area contributed by atoms with E-state index in [9.17, 15) is 4.79 Å². The zero-order chi connectivity index (χ0) is 15.3. The number of carboxylic acid groups (broad SMARTS) is 1. The molecular formula is C15H25N3O2. The van der Waals surface area contributed by atoms with Crippen LogP contribution in [0.15, 0.2) is 18.2 Å². The highest BCUT2D eigenvalue weighted by Gasteiger charge is 2.14. The predicted octanol–water partition coefficient (Wildman–Crippen LogP) is 2.50. The number of carbonyl (C=O) groups is 1. The summed E-state index contributed by atoms with van der Waals surface area (Å²) in [6.07, 6.45) is 0. The summed E-state index contributed by atoms with van der Waals surface area (Å²) in [7, 11) is 0. The first-order valence-corrected chi connectivity index (χ1v) is 6.95. The van der Waals surface area contributed by atoms with Crippen LogP contribution >= 0.6 is 0 Å². The van der Waals surface area contributed by atoms with Crippen LogP contribution in [0.2, 0.25) is 0 Å². The van der Waals surface area contributed by atoms with Gasteiger partial charge in [0, 0.05) is 36.5 Å². The molecule has 0 atom stereocenters. The van der Waals surface area contributed by atoms with E-state index in [0.717, 1.165) is 6.54 Å². The largest absolute Gasteiger partial charge is 0.478 e. The van der Waals surface area contributed by atoms with Crippen molar-refractivity contribution < 1.29 is 9.90 Å². The van der Waals surface area contributed by atoms with E-state index in [0.29, 0.717) is 30.0 Å². The number of carboxylic acids is 1. The molecule has 1 aromatic carbocycles. The minimum atomic E-state index is -0.968. The predicted molar refractivity (Wildman–Crippen MR) is 83.3 cm³/mol. The van der Waals surface area contributed by atoms with Gasteiger partial charge in [-0.1, -0.05) is 0 Å². The van der Waals surface area contributed by atoms with Gasteiger partial charge in [-0.15, -0.1) is 0 Å². The van der Waals surface area contributed by atoms with Gasteiger partial charge in [0.2, 0.25) is 0 Å². The van der Waals surface area contributed by atoms with Crippen LogP contribution in [0.4, 0.5) is 11.4 Å². The number of nitrogens with zero attached hydrogens (tertiary/aromatic N) is 1. The van der Waals surface area contributed by atoms with Gasteiger partial charge < -0.3 is 16.2 Å². The lowest BCUT2D eigenvalue weighted by Gasteiger charge is -2.30. The van der Waals surface area contributed by atoms with Gasteiger partial charge in [-0.3, -0.25) is 4.90 Å². The Bertz CT molecular complexity index is 450. The highest BCUT2D eigenvalue weighted by molar-refractivity contribution is 5.95. The van der Waals surface area contributed by atoms with Crippen LogP contribution in [0, 0.1) is 0 Å².